The number of methoxy groups -OCH3 is 1. The molecular formula is C17H20Cl2N2O4. The molecule has 1 saturated heterocycles. The van der Waals surface area contributed by atoms with Crippen molar-refractivity contribution in [3.8, 4) is 0 Å². The van der Waals surface area contributed by atoms with E-state index in [1.165, 1.54) is 12.0 Å². The molecule has 0 N–H and O–H groups in total. The van der Waals surface area contributed by atoms with Crippen molar-refractivity contribution in [2.24, 2.45) is 0 Å². The molecule has 136 valence electrons. The number of benzene rings is 1. The van der Waals surface area contributed by atoms with Gasteiger partial charge in [0.2, 0.25) is 5.91 Å². The van der Waals surface area contributed by atoms with E-state index in [1.807, 2.05) is 17.9 Å². The molecule has 1 aliphatic rings. The second-order valence-electron chi connectivity index (χ2n) is 5.88. The maximum atomic E-state index is 12.5. The Kier molecular flexibility index (Phi) is 6.67. The van der Waals surface area contributed by atoms with Crippen LogP contribution in [0.4, 0.5) is 5.69 Å². The van der Waals surface area contributed by atoms with Crippen molar-refractivity contribution >= 4 is 47.1 Å². The molecule has 2 rings (SSSR count). The fourth-order valence-electron chi connectivity index (χ4n) is 2.99. The summed E-state index contributed by atoms with van der Waals surface area (Å²) in [4.78, 5) is 38.9. The predicted octanol–water partition coefficient (Wildman–Crippen LogP) is 2.55. The van der Waals surface area contributed by atoms with Gasteiger partial charge in [-0.3, -0.25) is 4.79 Å². The van der Waals surface area contributed by atoms with Crippen LogP contribution < -0.4 is 4.90 Å². The molecule has 8 heteroatoms. The Hall–Kier alpha value is -1.79. The van der Waals surface area contributed by atoms with Crippen LogP contribution in [0.25, 0.3) is 0 Å². The minimum absolute atomic E-state index is 0.0810. The van der Waals surface area contributed by atoms with E-state index in [9.17, 15) is 14.4 Å². The average molecular weight is 387 g/mol. The zero-order valence-corrected chi connectivity index (χ0v) is 15.6. The van der Waals surface area contributed by atoms with Crippen molar-refractivity contribution in [1.29, 1.82) is 0 Å². The molecule has 0 spiro atoms. The molecule has 2 unspecified atom stereocenters. The second-order valence-corrected chi connectivity index (χ2v) is 6.69. The van der Waals surface area contributed by atoms with Crippen LogP contribution in [0.2, 0.25) is 10.0 Å². The first-order valence-corrected chi connectivity index (χ1v) is 8.67. The van der Waals surface area contributed by atoms with Crippen molar-refractivity contribution in [1.82, 2.24) is 4.90 Å². The van der Waals surface area contributed by atoms with E-state index in [0.717, 1.165) is 5.69 Å². The molecule has 1 heterocycles. The van der Waals surface area contributed by atoms with Crippen LogP contribution in [0, 0.1) is 0 Å². The number of halogens is 2. The SMILES string of the molecule is COC(=O)C(CC=O)N1CC(C)N(c2ccc(Cl)c(Cl)c2)CCC1=O. The van der Waals surface area contributed by atoms with Crippen LogP contribution in [0.5, 0.6) is 0 Å². The van der Waals surface area contributed by atoms with Crippen LogP contribution in [0.15, 0.2) is 18.2 Å². The van der Waals surface area contributed by atoms with Crippen molar-refractivity contribution in [2.75, 3.05) is 25.1 Å². The lowest BCUT2D eigenvalue weighted by atomic mass is 10.1. The molecule has 1 aromatic carbocycles. The molecule has 1 fully saturated rings. The third-order valence-electron chi connectivity index (χ3n) is 4.28. The molecular weight excluding hydrogens is 367 g/mol. The Labute approximate surface area is 156 Å². The third-order valence-corrected chi connectivity index (χ3v) is 5.02. The smallest absolute Gasteiger partial charge is 0.329 e. The van der Waals surface area contributed by atoms with Gasteiger partial charge in [-0.25, -0.2) is 4.79 Å². The third kappa shape index (κ3) is 4.44. The number of ether oxygens (including phenoxy) is 1. The molecule has 0 aliphatic carbocycles. The van der Waals surface area contributed by atoms with Gasteiger partial charge in [-0.05, 0) is 25.1 Å². The quantitative estimate of drug-likeness (QED) is 0.574. The number of nitrogens with zero attached hydrogens (tertiary/aromatic N) is 2. The van der Waals surface area contributed by atoms with E-state index in [0.29, 0.717) is 29.4 Å². The lowest BCUT2D eigenvalue weighted by Crippen LogP contribution is -2.49. The van der Waals surface area contributed by atoms with Gasteiger partial charge in [-0.15, -0.1) is 0 Å². The fraction of sp³-hybridized carbons (Fsp3) is 0.471. The van der Waals surface area contributed by atoms with Crippen molar-refractivity contribution in [2.45, 2.75) is 31.8 Å². The van der Waals surface area contributed by atoms with Gasteiger partial charge in [0.05, 0.1) is 17.2 Å². The number of carbonyl (C=O) groups excluding carboxylic acids is 3. The highest BCUT2D eigenvalue weighted by atomic mass is 35.5. The Morgan fingerprint density at radius 3 is 2.72 bits per heavy atom. The number of aldehydes is 1. The summed E-state index contributed by atoms with van der Waals surface area (Å²) in [5.41, 5.74) is 0.849. The number of anilines is 1. The number of hydrogen-bond donors (Lipinski definition) is 0. The zero-order chi connectivity index (χ0) is 18.6. The van der Waals surface area contributed by atoms with E-state index >= 15 is 0 Å². The summed E-state index contributed by atoms with van der Waals surface area (Å²) in [5.74, 6) is -0.776. The van der Waals surface area contributed by atoms with Gasteiger partial charge in [0, 0.05) is 37.7 Å². The Morgan fingerprint density at radius 2 is 2.12 bits per heavy atom. The average Bonchev–Trinajstić information content (AvgIpc) is 2.73. The Balaban J connectivity index is 2.26. The normalized spacial score (nSPS) is 19.4. The van der Waals surface area contributed by atoms with Crippen LogP contribution in [0.1, 0.15) is 19.8 Å². The van der Waals surface area contributed by atoms with Crippen molar-refractivity contribution < 1.29 is 19.1 Å². The highest BCUT2D eigenvalue weighted by molar-refractivity contribution is 6.42. The maximum absolute atomic E-state index is 12.5. The van der Waals surface area contributed by atoms with Gasteiger partial charge in [-0.2, -0.15) is 0 Å². The van der Waals surface area contributed by atoms with E-state index in [2.05, 4.69) is 0 Å². The topological polar surface area (TPSA) is 66.9 Å². The molecule has 0 bridgehead atoms. The van der Waals surface area contributed by atoms with Crippen LogP contribution in [-0.2, 0) is 19.1 Å². The lowest BCUT2D eigenvalue weighted by Gasteiger charge is -2.33. The van der Waals surface area contributed by atoms with Gasteiger partial charge in [0.15, 0.2) is 0 Å². The minimum Gasteiger partial charge on any atom is -0.467 e. The van der Waals surface area contributed by atoms with Crippen molar-refractivity contribution in [3.63, 3.8) is 0 Å². The molecule has 0 radical (unpaired) electrons. The van der Waals surface area contributed by atoms with E-state index in [4.69, 9.17) is 27.9 Å². The summed E-state index contributed by atoms with van der Waals surface area (Å²) < 4.78 is 4.75. The first-order chi connectivity index (χ1) is 11.9. The lowest BCUT2D eigenvalue weighted by molar-refractivity contribution is -0.153. The molecule has 1 aliphatic heterocycles. The molecule has 0 aromatic heterocycles. The largest absolute Gasteiger partial charge is 0.467 e. The molecule has 2 atom stereocenters. The maximum Gasteiger partial charge on any atom is 0.329 e. The molecule has 1 aromatic rings. The Morgan fingerprint density at radius 1 is 1.40 bits per heavy atom. The summed E-state index contributed by atoms with van der Waals surface area (Å²) in [7, 11) is 1.24. The van der Waals surface area contributed by atoms with Crippen LogP contribution in [0.3, 0.4) is 0 Å². The number of carbonyl (C=O) groups is 3. The predicted molar refractivity (Wildman–Crippen MR) is 96.1 cm³/mol. The summed E-state index contributed by atoms with van der Waals surface area (Å²) >= 11 is 12.1. The minimum atomic E-state index is -0.897. The van der Waals surface area contributed by atoms with Gasteiger partial charge < -0.3 is 19.3 Å². The van der Waals surface area contributed by atoms with Crippen molar-refractivity contribution in [3.05, 3.63) is 28.2 Å². The van der Waals surface area contributed by atoms with Crippen LogP contribution in [-0.4, -0.2) is 55.3 Å². The number of rotatable bonds is 5. The van der Waals surface area contributed by atoms with Gasteiger partial charge in [0.25, 0.3) is 0 Å². The second kappa shape index (κ2) is 8.54. The summed E-state index contributed by atoms with van der Waals surface area (Å²) in [6.45, 7) is 2.72. The number of amides is 1. The highest BCUT2D eigenvalue weighted by Crippen LogP contribution is 2.29. The fourth-order valence-corrected chi connectivity index (χ4v) is 3.28. The van der Waals surface area contributed by atoms with Crippen LogP contribution >= 0.6 is 23.2 Å². The van der Waals surface area contributed by atoms with E-state index in [1.54, 1.807) is 12.1 Å². The van der Waals surface area contributed by atoms with E-state index in [-0.39, 0.29) is 24.8 Å². The summed E-state index contributed by atoms with van der Waals surface area (Å²) in [6.07, 6.45) is 0.760. The summed E-state index contributed by atoms with van der Waals surface area (Å²) in [6, 6.07) is 4.33. The zero-order valence-electron chi connectivity index (χ0n) is 14.1. The molecule has 1 amide bonds. The standard InChI is InChI=1S/C17H20Cl2N2O4/c1-11-10-21(15(6-8-22)17(24)25-2)16(23)5-7-20(11)12-3-4-13(18)14(19)9-12/h3-4,8-9,11,15H,5-7,10H2,1-2H3. The first-order valence-electron chi connectivity index (χ1n) is 7.91. The number of esters is 1. The molecule has 25 heavy (non-hydrogen) atoms. The monoisotopic (exact) mass is 386 g/mol. The highest BCUT2D eigenvalue weighted by Gasteiger charge is 2.35. The van der Waals surface area contributed by atoms with Gasteiger partial charge in [0.1, 0.15) is 12.3 Å². The molecule has 6 nitrogen and oxygen atoms in total. The summed E-state index contributed by atoms with van der Waals surface area (Å²) in [5, 5.41) is 0.898. The molecule has 0 saturated carbocycles. The van der Waals surface area contributed by atoms with Gasteiger partial charge in [-0.1, -0.05) is 23.2 Å². The first kappa shape index (κ1) is 19.5. The number of hydrogen-bond acceptors (Lipinski definition) is 5. The van der Waals surface area contributed by atoms with Gasteiger partial charge >= 0.3 is 5.97 Å². The van der Waals surface area contributed by atoms with E-state index < -0.39 is 12.0 Å². The Bertz CT molecular complexity index is 668.